The SMILES string of the molecule is C1=CC2=C(CC1)c1c(n(-c3cccc(-c4ccc5ccccc5n4)c3)c3ccccc13)-c1ccccc1N2c1ccc(-c2ccc(C3=NC(c4ccccc4)=CC(c4ccccc4)N3)cc2)cc1. The largest absolute Gasteiger partial charge is 0.359 e. The van der Waals surface area contributed by atoms with Crippen LogP contribution in [-0.4, -0.2) is 15.4 Å². The van der Waals surface area contributed by atoms with E-state index in [0.29, 0.717) is 0 Å². The van der Waals surface area contributed by atoms with Crippen LogP contribution in [0.3, 0.4) is 0 Å². The smallest absolute Gasteiger partial charge is 0.134 e. The third-order valence-corrected chi connectivity index (χ3v) is 13.7. The molecule has 10 aromatic rings. The van der Waals surface area contributed by atoms with Crippen molar-refractivity contribution >= 4 is 50.3 Å². The maximum absolute atomic E-state index is 5.15. The van der Waals surface area contributed by atoms with Gasteiger partial charge in [0, 0.05) is 50.1 Å². The first-order valence-electron chi connectivity index (χ1n) is 23.5. The van der Waals surface area contributed by atoms with E-state index < -0.39 is 0 Å². The number of fused-ring (bicyclic) bond motifs is 7. The second-order valence-electron chi connectivity index (χ2n) is 17.7. The first kappa shape index (κ1) is 39.6. The number of pyridine rings is 1. The van der Waals surface area contributed by atoms with Crippen LogP contribution >= 0.6 is 0 Å². The van der Waals surface area contributed by atoms with E-state index in [9.17, 15) is 0 Å². The van der Waals surface area contributed by atoms with E-state index in [1.54, 1.807) is 0 Å². The number of amidine groups is 1. The van der Waals surface area contributed by atoms with E-state index in [1.807, 2.05) is 6.07 Å². The van der Waals surface area contributed by atoms with Crippen LogP contribution in [0.5, 0.6) is 0 Å². The highest BCUT2D eigenvalue weighted by Gasteiger charge is 2.33. The van der Waals surface area contributed by atoms with Gasteiger partial charge >= 0.3 is 0 Å². The average molecular weight is 872 g/mol. The molecule has 0 saturated carbocycles. The molecule has 1 aliphatic carbocycles. The van der Waals surface area contributed by atoms with Crippen molar-refractivity contribution in [3.63, 3.8) is 0 Å². The quantitative estimate of drug-likeness (QED) is 0.174. The highest BCUT2D eigenvalue weighted by molar-refractivity contribution is 6.08. The van der Waals surface area contributed by atoms with Gasteiger partial charge in [-0.1, -0.05) is 176 Å². The van der Waals surface area contributed by atoms with E-state index in [-0.39, 0.29) is 6.04 Å². The molecule has 1 unspecified atom stereocenters. The molecule has 0 bridgehead atoms. The molecule has 68 heavy (non-hydrogen) atoms. The highest BCUT2D eigenvalue weighted by Crippen LogP contribution is 2.52. The summed E-state index contributed by atoms with van der Waals surface area (Å²) in [4.78, 5) is 12.7. The molecule has 0 amide bonds. The zero-order valence-corrected chi connectivity index (χ0v) is 37.3. The highest BCUT2D eigenvalue weighted by atomic mass is 15.2. The fourth-order valence-electron chi connectivity index (χ4n) is 10.4. The summed E-state index contributed by atoms with van der Waals surface area (Å²) in [6, 6.07) is 78.3. The Kier molecular flexibility index (Phi) is 9.64. The molecule has 13 rings (SSSR count). The third kappa shape index (κ3) is 6.87. The Labute approximate surface area is 396 Å². The van der Waals surface area contributed by atoms with Crippen molar-refractivity contribution in [2.75, 3.05) is 4.90 Å². The first-order valence-corrected chi connectivity index (χ1v) is 23.5. The second-order valence-corrected chi connectivity index (χ2v) is 17.7. The van der Waals surface area contributed by atoms with Gasteiger partial charge in [-0.05, 0) is 101 Å². The molecule has 8 aromatic carbocycles. The van der Waals surface area contributed by atoms with Gasteiger partial charge in [0.15, 0.2) is 0 Å². The third-order valence-electron chi connectivity index (χ3n) is 13.7. The molecule has 1 N–H and O–H groups in total. The second kappa shape index (κ2) is 16.6. The molecular weight excluding hydrogens is 827 g/mol. The molecule has 0 fully saturated rings. The molecule has 5 nitrogen and oxygen atoms in total. The van der Waals surface area contributed by atoms with Gasteiger partial charge in [-0.15, -0.1) is 0 Å². The number of aromatic nitrogens is 2. The fourth-order valence-corrected chi connectivity index (χ4v) is 10.4. The van der Waals surface area contributed by atoms with E-state index in [1.165, 1.54) is 44.6 Å². The van der Waals surface area contributed by atoms with Crippen LogP contribution in [0, 0.1) is 0 Å². The van der Waals surface area contributed by atoms with Crippen LogP contribution in [0.25, 0.3) is 72.4 Å². The molecule has 2 aromatic heterocycles. The summed E-state index contributed by atoms with van der Waals surface area (Å²) in [6.07, 6.45) is 8.83. The van der Waals surface area contributed by atoms with Crippen LogP contribution in [0.15, 0.2) is 247 Å². The van der Waals surface area contributed by atoms with Crippen LogP contribution in [0.2, 0.25) is 0 Å². The zero-order valence-electron chi connectivity index (χ0n) is 37.3. The molecule has 322 valence electrons. The lowest BCUT2D eigenvalue weighted by atomic mass is 9.92. The molecule has 0 saturated heterocycles. The predicted molar refractivity (Wildman–Crippen MR) is 282 cm³/mol. The van der Waals surface area contributed by atoms with Crippen molar-refractivity contribution in [3.8, 4) is 39.3 Å². The summed E-state index contributed by atoms with van der Waals surface area (Å²) in [6.45, 7) is 0. The number of rotatable bonds is 7. The molecule has 1 atom stereocenters. The molecular formula is C63H45N5. The predicted octanol–water partition coefficient (Wildman–Crippen LogP) is 15.5. The number of nitrogens with one attached hydrogen (secondary N) is 1. The van der Waals surface area contributed by atoms with Crippen molar-refractivity contribution in [2.45, 2.75) is 18.9 Å². The number of nitrogens with zero attached hydrogens (tertiary/aromatic N) is 4. The first-order chi connectivity index (χ1) is 33.7. The lowest BCUT2D eigenvalue weighted by molar-refractivity contribution is 0.781. The van der Waals surface area contributed by atoms with E-state index in [0.717, 1.165) is 85.9 Å². The van der Waals surface area contributed by atoms with Crippen molar-refractivity contribution in [2.24, 2.45) is 4.99 Å². The number of hydrogen-bond donors (Lipinski definition) is 1. The lowest BCUT2D eigenvalue weighted by Crippen LogP contribution is -2.31. The van der Waals surface area contributed by atoms with Crippen LogP contribution in [-0.2, 0) is 0 Å². The number of para-hydroxylation sites is 3. The van der Waals surface area contributed by atoms with Crippen LogP contribution in [0.1, 0.15) is 41.1 Å². The van der Waals surface area contributed by atoms with Crippen molar-refractivity contribution < 1.29 is 0 Å². The summed E-state index contributed by atoms with van der Waals surface area (Å²) in [5.41, 5.74) is 20.5. The Morgan fingerprint density at radius 1 is 0.544 bits per heavy atom. The number of hydrogen-bond acceptors (Lipinski definition) is 4. The summed E-state index contributed by atoms with van der Waals surface area (Å²) in [7, 11) is 0. The van der Waals surface area contributed by atoms with Gasteiger partial charge in [0.2, 0.25) is 0 Å². The standard InChI is InChI=1S/C63H45N5/c1-3-16-44(17-4-1)56-41-57(45-18-5-2-6-19-45)66-63(65-56)47-32-30-42(31-33-47)43-34-37-49(38-35-43)67-58-27-12-8-23-51(58)61-52-24-9-13-28-59(52)68(62(61)53-25-10-14-29-60(53)67)50-22-15-21-48(40-50)55-39-36-46-20-7-11-26-54(46)64-55/h1-7,9-22,24-41,56H,8,23H2,(H,65,66). The van der Waals surface area contributed by atoms with Gasteiger partial charge in [-0.3, -0.25) is 0 Å². The van der Waals surface area contributed by atoms with E-state index >= 15 is 0 Å². The van der Waals surface area contributed by atoms with Crippen molar-refractivity contribution in [1.82, 2.24) is 14.9 Å². The zero-order chi connectivity index (χ0) is 45.0. The van der Waals surface area contributed by atoms with Gasteiger partial charge in [0.1, 0.15) is 5.84 Å². The van der Waals surface area contributed by atoms with Gasteiger partial charge in [0.05, 0.1) is 39.8 Å². The van der Waals surface area contributed by atoms with Crippen molar-refractivity contribution in [1.29, 1.82) is 0 Å². The van der Waals surface area contributed by atoms with Gasteiger partial charge < -0.3 is 14.8 Å². The Balaban J connectivity index is 0.877. The van der Waals surface area contributed by atoms with Crippen LogP contribution in [0.4, 0.5) is 11.4 Å². The minimum absolute atomic E-state index is 0.00358. The van der Waals surface area contributed by atoms with E-state index in [2.05, 4.69) is 245 Å². The van der Waals surface area contributed by atoms with E-state index in [4.69, 9.17) is 9.98 Å². The topological polar surface area (TPSA) is 45.5 Å². The summed E-state index contributed by atoms with van der Waals surface area (Å²) in [5.74, 6) is 0.864. The number of benzene rings is 8. The average Bonchev–Trinajstić information content (AvgIpc) is 3.70. The number of anilines is 2. The normalized spacial score (nSPS) is 15.2. The van der Waals surface area contributed by atoms with Gasteiger partial charge in [-0.25, -0.2) is 9.98 Å². The summed E-state index contributed by atoms with van der Waals surface area (Å²) in [5, 5.41) is 6.12. The summed E-state index contributed by atoms with van der Waals surface area (Å²) < 4.78 is 2.49. The molecule has 3 aliphatic rings. The summed E-state index contributed by atoms with van der Waals surface area (Å²) >= 11 is 0. The van der Waals surface area contributed by atoms with Gasteiger partial charge in [-0.2, -0.15) is 0 Å². The molecule has 2 aliphatic heterocycles. The number of allylic oxidation sites excluding steroid dienone is 3. The number of aliphatic imine (C=N–C) groups is 1. The Hall–Kier alpha value is -8.80. The Morgan fingerprint density at radius 2 is 1.25 bits per heavy atom. The molecule has 0 radical (unpaired) electrons. The molecule has 4 heterocycles. The minimum Gasteiger partial charge on any atom is -0.359 e. The minimum atomic E-state index is 0.00358. The lowest BCUT2D eigenvalue weighted by Gasteiger charge is -2.30. The maximum atomic E-state index is 5.15. The van der Waals surface area contributed by atoms with Gasteiger partial charge in [0.25, 0.3) is 0 Å². The molecule has 0 spiro atoms. The Morgan fingerprint density at radius 3 is 2.10 bits per heavy atom. The Bertz CT molecular complexity index is 3690. The molecule has 5 heteroatoms. The van der Waals surface area contributed by atoms with Crippen LogP contribution < -0.4 is 10.2 Å². The monoisotopic (exact) mass is 871 g/mol. The van der Waals surface area contributed by atoms with Crippen molar-refractivity contribution in [3.05, 3.63) is 265 Å². The maximum Gasteiger partial charge on any atom is 0.134 e. The fraction of sp³-hybridized carbons (Fsp3) is 0.0476.